The Balaban J connectivity index is 2.19. The van der Waals surface area contributed by atoms with Crippen LogP contribution < -0.4 is 5.32 Å². The minimum Gasteiger partial charge on any atom is -0.466 e. The predicted octanol–water partition coefficient (Wildman–Crippen LogP) is 0.318. The highest BCUT2D eigenvalue weighted by atomic mass is 16.5. The van der Waals surface area contributed by atoms with Crippen molar-refractivity contribution >= 4 is 11.9 Å². The van der Waals surface area contributed by atoms with Gasteiger partial charge in [0.25, 0.3) is 0 Å². The Bertz CT molecular complexity index is 307. The number of hydrogen-bond donors (Lipinski definition) is 1. The van der Waals surface area contributed by atoms with Crippen LogP contribution in [0.2, 0.25) is 0 Å². The highest BCUT2D eigenvalue weighted by molar-refractivity contribution is 5.87. The second-order valence-corrected chi connectivity index (χ2v) is 4.10. The number of rotatable bonds is 5. The van der Waals surface area contributed by atoms with Gasteiger partial charge in [-0.3, -0.25) is 4.79 Å². The number of amides is 1. The summed E-state index contributed by atoms with van der Waals surface area (Å²) >= 11 is 0. The Morgan fingerprint density at radius 1 is 1.35 bits per heavy atom. The van der Waals surface area contributed by atoms with Crippen molar-refractivity contribution in [3.8, 4) is 0 Å². The standard InChI is InChI=1S/C12H20N2O3/c1-10(12(16)17-2)5-6-13-9-11(15)14-7-3-4-8-14/h5,13H,3-4,6-9H2,1-2H3. The average Bonchev–Trinajstić information content (AvgIpc) is 2.86. The number of hydrogen-bond acceptors (Lipinski definition) is 4. The van der Waals surface area contributed by atoms with Gasteiger partial charge in [-0.15, -0.1) is 0 Å². The molecule has 5 heteroatoms. The van der Waals surface area contributed by atoms with Crippen molar-refractivity contribution in [3.63, 3.8) is 0 Å². The minimum atomic E-state index is -0.335. The fourth-order valence-electron chi connectivity index (χ4n) is 1.73. The average molecular weight is 240 g/mol. The van der Waals surface area contributed by atoms with E-state index in [1.54, 1.807) is 13.0 Å². The van der Waals surface area contributed by atoms with Gasteiger partial charge in [0.05, 0.1) is 13.7 Å². The van der Waals surface area contributed by atoms with Crippen LogP contribution >= 0.6 is 0 Å². The Morgan fingerprint density at radius 3 is 2.59 bits per heavy atom. The molecule has 0 bridgehead atoms. The van der Waals surface area contributed by atoms with Gasteiger partial charge in [0.2, 0.25) is 5.91 Å². The molecule has 1 aliphatic rings. The maximum absolute atomic E-state index is 11.6. The zero-order chi connectivity index (χ0) is 12.7. The molecular weight excluding hydrogens is 220 g/mol. The van der Waals surface area contributed by atoms with Crippen molar-refractivity contribution < 1.29 is 14.3 Å². The summed E-state index contributed by atoms with van der Waals surface area (Å²) in [5, 5.41) is 3.00. The van der Waals surface area contributed by atoms with E-state index in [1.807, 2.05) is 4.90 Å². The molecule has 1 rings (SSSR count). The second kappa shape index (κ2) is 7.06. The topological polar surface area (TPSA) is 58.6 Å². The molecule has 0 saturated carbocycles. The summed E-state index contributed by atoms with van der Waals surface area (Å²) in [5.41, 5.74) is 0.550. The third-order valence-electron chi connectivity index (χ3n) is 2.79. The fraction of sp³-hybridized carbons (Fsp3) is 0.667. The number of likely N-dealkylation sites (tertiary alicyclic amines) is 1. The van der Waals surface area contributed by atoms with Gasteiger partial charge in [-0.2, -0.15) is 0 Å². The lowest BCUT2D eigenvalue weighted by Crippen LogP contribution is -2.36. The van der Waals surface area contributed by atoms with Crippen LogP contribution in [-0.2, 0) is 14.3 Å². The van der Waals surface area contributed by atoms with Crippen LogP contribution in [0.3, 0.4) is 0 Å². The summed E-state index contributed by atoms with van der Waals surface area (Å²) in [4.78, 5) is 24.6. The van der Waals surface area contributed by atoms with E-state index < -0.39 is 0 Å². The fourth-order valence-corrected chi connectivity index (χ4v) is 1.73. The van der Waals surface area contributed by atoms with E-state index in [2.05, 4.69) is 10.1 Å². The molecule has 0 aromatic carbocycles. The van der Waals surface area contributed by atoms with Gasteiger partial charge in [-0.1, -0.05) is 6.08 Å². The Kier molecular flexibility index (Phi) is 5.69. The molecule has 5 nitrogen and oxygen atoms in total. The third-order valence-corrected chi connectivity index (χ3v) is 2.79. The molecule has 1 saturated heterocycles. The van der Waals surface area contributed by atoms with Gasteiger partial charge >= 0.3 is 5.97 Å². The quantitative estimate of drug-likeness (QED) is 0.427. The van der Waals surface area contributed by atoms with E-state index in [0.29, 0.717) is 18.7 Å². The molecule has 1 fully saturated rings. The summed E-state index contributed by atoms with van der Waals surface area (Å²) in [6, 6.07) is 0. The van der Waals surface area contributed by atoms with Crippen LogP contribution in [0.5, 0.6) is 0 Å². The van der Waals surface area contributed by atoms with Gasteiger partial charge in [0.1, 0.15) is 0 Å². The Morgan fingerprint density at radius 2 is 2.00 bits per heavy atom. The number of nitrogens with zero attached hydrogens (tertiary/aromatic N) is 1. The SMILES string of the molecule is COC(=O)C(C)=CCNCC(=O)N1CCCC1. The monoisotopic (exact) mass is 240 g/mol. The molecule has 0 aromatic heterocycles. The highest BCUT2D eigenvalue weighted by Gasteiger charge is 2.16. The second-order valence-electron chi connectivity index (χ2n) is 4.10. The smallest absolute Gasteiger partial charge is 0.333 e. The van der Waals surface area contributed by atoms with E-state index in [0.717, 1.165) is 25.9 Å². The van der Waals surface area contributed by atoms with E-state index in [1.165, 1.54) is 7.11 Å². The zero-order valence-corrected chi connectivity index (χ0v) is 10.5. The lowest BCUT2D eigenvalue weighted by atomic mass is 10.3. The summed E-state index contributed by atoms with van der Waals surface area (Å²) in [6.45, 7) is 4.26. The van der Waals surface area contributed by atoms with Crippen LogP contribution in [0.15, 0.2) is 11.6 Å². The summed E-state index contributed by atoms with van der Waals surface area (Å²) in [7, 11) is 1.35. The van der Waals surface area contributed by atoms with E-state index >= 15 is 0 Å². The van der Waals surface area contributed by atoms with Gasteiger partial charge in [-0.25, -0.2) is 4.79 Å². The number of methoxy groups -OCH3 is 1. The maximum atomic E-state index is 11.6. The first-order valence-electron chi connectivity index (χ1n) is 5.88. The molecule has 0 spiro atoms. The van der Waals surface area contributed by atoms with Crippen LogP contribution in [0.1, 0.15) is 19.8 Å². The first-order chi connectivity index (χ1) is 8.15. The summed E-state index contributed by atoms with van der Waals surface area (Å²) < 4.78 is 4.56. The normalized spacial score (nSPS) is 16.1. The van der Waals surface area contributed by atoms with Crippen LogP contribution in [-0.4, -0.2) is 50.1 Å². The molecule has 0 aromatic rings. The van der Waals surface area contributed by atoms with E-state index in [-0.39, 0.29) is 11.9 Å². The number of esters is 1. The molecule has 1 N–H and O–H groups in total. The van der Waals surface area contributed by atoms with Crippen LogP contribution in [0, 0.1) is 0 Å². The summed E-state index contributed by atoms with van der Waals surface area (Å²) in [6.07, 6.45) is 3.93. The van der Waals surface area contributed by atoms with Gasteiger partial charge in [0, 0.05) is 25.2 Å². The molecule has 1 heterocycles. The largest absolute Gasteiger partial charge is 0.466 e. The van der Waals surface area contributed by atoms with Crippen molar-refractivity contribution in [2.75, 3.05) is 33.3 Å². The van der Waals surface area contributed by atoms with Crippen molar-refractivity contribution in [2.45, 2.75) is 19.8 Å². The zero-order valence-electron chi connectivity index (χ0n) is 10.5. The van der Waals surface area contributed by atoms with Crippen molar-refractivity contribution in [1.82, 2.24) is 10.2 Å². The summed E-state index contributed by atoms with van der Waals surface area (Å²) in [5.74, 6) is -0.204. The molecule has 96 valence electrons. The predicted molar refractivity (Wildman–Crippen MR) is 64.5 cm³/mol. The van der Waals surface area contributed by atoms with E-state index in [9.17, 15) is 9.59 Å². The lowest BCUT2D eigenvalue weighted by Gasteiger charge is -2.14. The van der Waals surface area contributed by atoms with Gasteiger partial charge in [-0.05, 0) is 19.8 Å². The molecule has 0 radical (unpaired) electrons. The molecule has 0 atom stereocenters. The van der Waals surface area contributed by atoms with Gasteiger partial charge < -0.3 is 15.0 Å². The Labute approximate surface area is 102 Å². The first kappa shape index (κ1) is 13.7. The Hall–Kier alpha value is -1.36. The van der Waals surface area contributed by atoms with Gasteiger partial charge in [0.15, 0.2) is 0 Å². The van der Waals surface area contributed by atoms with Crippen LogP contribution in [0.25, 0.3) is 0 Å². The molecular formula is C12H20N2O3. The number of carbonyl (C=O) groups is 2. The van der Waals surface area contributed by atoms with Crippen molar-refractivity contribution in [2.24, 2.45) is 0 Å². The minimum absolute atomic E-state index is 0.131. The molecule has 1 aliphatic heterocycles. The number of ether oxygens (including phenoxy) is 1. The van der Waals surface area contributed by atoms with Crippen LogP contribution in [0.4, 0.5) is 0 Å². The third kappa shape index (κ3) is 4.56. The van der Waals surface area contributed by atoms with E-state index in [4.69, 9.17) is 0 Å². The highest BCUT2D eigenvalue weighted by Crippen LogP contribution is 2.06. The van der Waals surface area contributed by atoms with Crippen molar-refractivity contribution in [1.29, 1.82) is 0 Å². The molecule has 17 heavy (non-hydrogen) atoms. The number of nitrogens with one attached hydrogen (secondary N) is 1. The molecule has 0 unspecified atom stereocenters. The number of carbonyl (C=O) groups excluding carboxylic acids is 2. The molecule has 0 aliphatic carbocycles. The first-order valence-corrected chi connectivity index (χ1v) is 5.88. The maximum Gasteiger partial charge on any atom is 0.333 e. The van der Waals surface area contributed by atoms with Crippen molar-refractivity contribution in [3.05, 3.63) is 11.6 Å². The lowest BCUT2D eigenvalue weighted by molar-refractivity contribution is -0.136. The molecule has 1 amide bonds.